The molecule has 1 aromatic heterocycles. The van der Waals surface area contributed by atoms with Gasteiger partial charge in [-0.15, -0.1) is 0 Å². The SMILES string of the molecule is COc1ccc(Cl)cc1Nc1cc(N)nc(N)n1. The van der Waals surface area contributed by atoms with Crippen LogP contribution in [-0.2, 0) is 0 Å². The third-order valence-corrected chi connectivity index (χ3v) is 2.42. The van der Waals surface area contributed by atoms with E-state index in [-0.39, 0.29) is 11.8 Å². The first-order chi connectivity index (χ1) is 8.58. The Labute approximate surface area is 109 Å². The highest BCUT2D eigenvalue weighted by Gasteiger charge is 2.06. The van der Waals surface area contributed by atoms with E-state index in [1.807, 2.05) is 0 Å². The van der Waals surface area contributed by atoms with Crippen LogP contribution in [0.1, 0.15) is 0 Å². The maximum absolute atomic E-state index is 5.92. The monoisotopic (exact) mass is 265 g/mol. The van der Waals surface area contributed by atoms with E-state index in [0.717, 1.165) is 0 Å². The number of nitrogens with zero attached hydrogens (tertiary/aromatic N) is 2. The Balaban J connectivity index is 2.35. The van der Waals surface area contributed by atoms with Crippen molar-refractivity contribution in [3.05, 3.63) is 29.3 Å². The Morgan fingerprint density at radius 2 is 2.00 bits per heavy atom. The third kappa shape index (κ3) is 2.72. The van der Waals surface area contributed by atoms with Crippen LogP contribution in [0.5, 0.6) is 5.75 Å². The summed E-state index contributed by atoms with van der Waals surface area (Å²) in [5, 5.41) is 3.60. The number of nitrogens with two attached hydrogens (primary N) is 2. The van der Waals surface area contributed by atoms with E-state index in [4.69, 9.17) is 27.8 Å². The molecular formula is C11H12ClN5O. The lowest BCUT2D eigenvalue weighted by Crippen LogP contribution is -2.03. The van der Waals surface area contributed by atoms with Crippen LogP contribution >= 0.6 is 11.6 Å². The number of methoxy groups -OCH3 is 1. The van der Waals surface area contributed by atoms with Gasteiger partial charge < -0.3 is 21.5 Å². The van der Waals surface area contributed by atoms with E-state index in [1.165, 1.54) is 0 Å². The molecule has 0 aliphatic carbocycles. The van der Waals surface area contributed by atoms with Crippen molar-refractivity contribution in [1.29, 1.82) is 0 Å². The number of ether oxygens (including phenoxy) is 1. The first kappa shape index (κ1) is 12.3. The van der Waals surface area contributed by atoms with Crippen LogP contribution in [0.4, 0.5) is 23.3 Å². The van der Waals surface area contributed by atoms with Crippen molar-refractivity contribution in [3.63, 3.8) is 0 Å². The molecular weight excluding hydrogens is 254 g/mol. The molecule has 0 radical (unpaired) electrons. The van der Waals surface area contributed by atoms with Crippen molar-refractivity contribution in [2.75, 3.05) is 23.9 Å². The van der Waals surface area contributed by atoms with Gasteiger partial charge in [0.1, 0.15) is 17.4 Å². The maximum atomic E-state index is 5.92. The van der Waals surface area contributed by atoms with Crippen LogP contribution in [0.2, 0.25) is 5.02 Å². The Hall–Kier alpha value is -2.21. The quantitative estimate of drug-likeness (QED) is 0.785. The number of nitrogen functional groups attached to an aromatic ring is 2. The molecule has 0 spiro atoms. The molecule has 6 nitrogen and oxygen atoms in total. The second-order valence-electron chi connectivity index (χ2n) is 3.51. The molecule has 0 fully saturated rings. The summed E-state index contributed by atoms with van der Waals surface area (Å²) in [6.45, 7) is 0. The minimum Gasteiger partial charge on any atom is -0.495 e. The molecule has 5 N–H and O–H groups in total. The van der Waals surface area contributed by atoms with Gasteiger partial charge in [-0.3, -0.25) is 0 Å². The van der Waals surface area contributed by atoms with Gasteiger partial charge in [-0.25, -0.2) is 0 Å². The molecule has 94 valence electrons. The van der Waals surface area contributed by atoms with Crippen LogP contribution in [0.15, 0.2) is 24.3 Å². The van der Waals surface area contributed by atoms with Crippen LogP contribution in [-0.4, -0.2) is 17.1 Å². The van der Waals surface area contributed by atoms with Crippen molar-refractivity contribution >= 4 is 34.9 Å². The van der Waals surface area contributed by atoms with Crippen LogP contribution in [0.3, 0.4) is 0 Å². The number of hydrogen-bond donors (Lipinski definition) is 3. The largest absolute Gasteiger partial charge is 0.495 e. The molecule has 1 aromatic carbocycles. The standard InChI is InChI=1S/C11H12ClN5O/c1-18-8-3-2-6(12)4-7(8)15-10-5-9(13)16-11(14)17-10/h2-5H,1H3,(H5,13,14,15,16,17). The van der Waals surface area contributed by atoms with Gasteiger partial charge >= 0.3 is 0 Å². The Morgan fingerprint density at radius 1 is 1.22 bits per heavy atom. The lowest BCUT2D eigenvalue weighted by Gasteiger charge is -2.11. The summed E-state index contributed by atoms with van der Waals surface area (Å²) in [7, 11) is 1.57. The van der Waals surface area contributed by atoms with Crippen molar-refractivity contribution in [2.45, 2.75) is 0 Å². The maximum Gasteiger partial charge on any atom is 0.223 e. The lowest BCUT2D eigenvalue weighted by molar-refractivity contribution is 0.417. The minimum absolute atomic E-state index is 0.0958. The van der Waals surface area contributed by atoms with Gasteiger partial charge in [0.25, 0.3) is 0 Å². The number of nitrogens with one attached hydrogen (secondary N) is 1. The summed E-state index contributed by atoms with van der Waals surface area (Å²) < 4.78 is 5.21. The van der Waals surface area contributed by atoms with E-state index < -0.39 is 0 Å². The highest BCUT2D eigenvalue weighted by molar-refractivity contribution is 6.31. The van der Waals surface area contributed by atoms with Gasteiger partial charge in [-0.05, 0) is 18.2 Å². The molecule has 18 heavy (non-hydrogen) atoms. The molecule has 2 rings (SSSR count). The predicted molar refractivity (Wildman–Crippen MR) is 72.1 cm³/mol. The summed E-state index contributed by atoms with van der Waals surface area (Å²) in [5.41, 5.74) is 11.8. The molecule has 1 heterocycles. The fourth-order valence-electron chi connectivity index (χ4n) is 1.47. The fraction of sp³-hybridized carbons (Fsp3) is 0.0909. The number of benzene rings is 1. The van der Waals surface area contributed by atoms with Crippen LogP contribution < -0.4 is 21.5 Å². The molecule has 0 saturated carbocycles. The minimum atomic E-state index is 0.0958. The molecule has 0 unspecified atom stereocenters. The second kappa shape index (κ2) is 4.97. The van der Waals surface area contributed by atoms with Crippen LogP contribution in [0, 0.1) is 0 Å². The van der Waals surface area contributed by atoms with E-state index in [1.54, 1.807) is 31.4 Å². The third-order valence-electron chi connectivity index (χ3n) is 2.19. The summed E-state index contributed by atoms with van der Waals surface area (Å²) in [6.07, 6.45) is 0. The first-order valence-electron chi connectivity index (χ1n) is 5.09. The summed E-state index contributed by atoms with van der Waals surface area (Å²) in [6, 6.07) is 6.76. The molecule has 0 atom stereocenters. The van der Waals surface area contributed by atoms with Gasteiger partial charge in [0.05, 0.1) is 12.8 Å². The van der Waals surface area contributed by atoms with Crippen molar-refractivity contribution < 1.29 is 4.74 Å². The predicted octanol–water partition coefficient (Wildman–Crippen LogP) is 2.05. The molecule has 0 amide bonds. The highest BCUT2D eigenvalue weighted by Crippen LogP contribution is 2.30. The second-order valence-corrected chi connectivity index (χ2v) is 3.94. The number of hydrogen-bond acceptors (Lipinski definition) is 6. The van der Waals surface area contributed by atoms with Gasteiger partial charge in [-0.2, -0.15) is 9.97 Å². The van der Waals surface area contributed by atoms with Crippen LogP contribution in [0.25, 0.3) is 0 Å². The molecule has 0 aliphatic rings. The van der Waals surface area contributed by atoms with E-state index in [0.29, 0.717) is 22.3 Å². The smallest absolute Gasteiger partial charge is 0.223 e. The Morgan fingerprint density at radius 3 is 2.67 bits per heavy atom. The first-order valence-corrected chi connectivity index (χ1v) is 5.47. The lowest BCUT2D eigenvalue weighted by atomic mass is 10.3. The Bertz CT molecular complexity index is 555. The Kier molecular flexibility index (Phi) is 3.38. The number of anilines is 4. The van der Waals surface area contributed by atoms with Gasteiger partial charge in [0.2, 0.25) is 5.95 Å². The molecule has 2 aromatic rings. The zero-order valence-electron chi connectivity index (χ0n) is 9.64. The highest BCUT2D eigenvalue weighted by atomic mass is 35.5. The van der Waals surface area contributed by atoms with Crippen molar-refractivity contribution in [1.82, 2.24) is 9.97 Å². The fourth-order valence-corrected chi connectivity index (χ4v) is 1.64. The molecule has 0 aliphatic heterocycles. The van der Waals surface area contributed by atoms with Gasteiger partial charge in [-0.1, -0.05) is 11.6 Å². The van der Waals surface area contributed by atoms with E-state index >= 15 is 0 Å². The molecule has 0 saturated heterocycles. The average molecular weight is 266 g/mol. The summed E-state index contributed by atoms with van der Waals surface area (Å²) >= 11 is 5.92. The normalized spacial score (nSPS) is 10.1. The topological polar surface area (TPSA) is 99.1 Å². The average Bonchev–Trinajstić information content (AvgIpc) is 2.27. The zero-order chi connectivity index (χ0) is 13.1. The summed E-state index contributed by atoms with van der Waals surface area (Å²) in [5.74, 6) is 1.49. The van der Waals surface area contributed by atoms with E-state index in [9.17, 15) is 0 Å². The van der Waals surface area contributed by atoms with Gasteiger partial charge in [0, 0.05) is 11.1 Å². The van der Waals surface area contributed by atoms with Crippen molar-refractivity contribution in [2.24, 2.45) is 0 Å². The summed E-state index contributed by atoms with van der Waals surface area (Å²) in [4.78, 5) is 7.79. The number of rotatable bonds is 3. The number of halogens is 1. The van der Waals surface area contributed by atoms with Gasteiger partial charge in [0.15, 0.2) is 0 Å². The molecule has 0 bridgehead atoms. The van der Waals surface area contributed by atoms with E-state index in [2.05, 4.69) is 15.3 Å². The zero-order valence-corrected chi connectivity index (χ0v) is 10.4. The number of aromatic nitrogens is 2. The van der Waals surface area contributed by atoms with Crippen molar-refractivity contribution in [3.8, 4) is 5.75 Å². The molecule has 7 heteroatoms.